The summed E-state index contributed by atoms with van der Waals surface area (Å²) in [6.07, 6.45) is -4.58. The first-order valence-electron chi connectivity index (χ1n) is 9.32. The van der Waals surface area contributed by atoms with Gasteiger partial charge in [-0.1, -0.05) is 18.2 Å². The average Bonchev–Trinajstić information content (AvgIpc) is 3.16. The Kier molecular flexibility index (Phi) is 4.92. The molecule has 0 saturated carbocycles. The summed E-state index contributed by atoms with van der Waals surface area (Å²) in [7, 11) is 0. The summed E-state index contributed by atoms with van der Waals surface area (Å²) in [4.78, 5) is 29.8. The summed E-state index contributed by atoms with van der Waals surface area (Å²) in [6, 6.07) is 10.7. The van der Waals surface area contributed by atoms with E-state index in [1.165, 1.54) is 18.2 Å². The topological polar surface area (TPSA) is 107 Å². The zero-order valence-electron chi connectivity index (χ0n) is 16.2. The van der Waals surface area contributed by atoms with Crippen LogP contribution in [0.4, 0.5) is 24.5 Å². The number of imidazole rings is 1. The lowest BCUT2D eigenvalue weighted by atomic mass is 10.1. The minimum Gasteiger partial charge on any atom is -0.508 e. The van der Waals surface area contributed by atoms with Crippen molar-refractivity contribution < 1.29 is 18.3 Å². The van der Waals surface area contributed by atoms with Gasteiger partial charge >= 0.3 is 6.18 Å². The molecule has 0 bridgehead atoms. The second-order valence-electron chi connectivity index (χ2n) is 7.16. The van der Waals surface area contributed by atoms with Crippen molar-refractivity contribution in [3.8, 4) is 5.75 Å². The van der Waals surface area contributed by atoms with Gasteiger partial charge < -0.3 is 20.7 Å². The second kappa shape index (κ2) is 7.46. The standard InChI is InChI=1S/C21H17F3N4O3/c1-10(12-3-2-4-13(29)8-12)26-17-16(18(30)19(17)31)25-9-11-5-6-14-15(7-11)28-20(27-14)21(22,23)24/h2-8,10,25-26,29H,9H2,1H3,(H,27,28)/t10-/m0/s1. The Morgan fingerprint density at radius 2 is 1.84 bits per heavy atom. The predicted molar refractivity (Wildman–Crippen MR) is 110 cm³/mol. The number of aromatic amines is 1. The summed E-state index contributed by atoms with van der Waals surface area (Å²) in [6.45, 7) is 1.90. The van der Waals surface area contributed by atoms with Crippen LogP contribution in [0.25, 0.3) is 11.0 Å². The molecular formula is C21H17F3N4O3. The largest absolute Gasteiger partial charge is 0.508 e. The van der Waals surface area contributed by atoms with Crippen LogP contribution in [0.15, 0.2) is 52.1 Å². The van der Waals surface area contributed by atoms with Gasteiger partial charge in [0.1, 0.15) is 17.1 Å². The molecule has 3 aromatic carbocycles. The third-order valence-electron chi connectivity index (χ3n) is 4.93. The number of phenols is 1. The molecule has 1 atom stereocenters. The van der Waals surface area contributed by atoms with Crippen molar-refractivity contribution in [2.45, 2.75) is 25.7 Å². The van der Waals surface area contributed by atoms with E-state index in [1.54, 1.807) is 31.2 Å². The first kappa shape index (κ1) is 20.5. The monoisotopic (exact) mass is 430 g/mol. The maximum absolute atomic E-state index is 12.8. The number of H-pyrrole nitrogens is 1. The van der Waals surface area contributed by atoms with Gasteiger partial charge in [0.2, 0.25) is 5.82 Å². The number of halogens is 3. The number of hydrogen-bond donors (Lipinski definition) is 4. The van der Waals surface area contributed by atoms with Crippen molar-refractivity contribution in [2.75, 3.05) is 10.6 Å². The maximum Gasteiger partial charge on any atom is 0.449 e. The molecule has 1 aromatic heterocycles. The Labute approximate surface area is 173 Å². The molecule has 0 spiro atoms. The van der Waals surface area contributed by atoms with Crippen LogP contribution < -0.4 is 21.5 Å². The molecule has 4 rings (SSSR count). The molecule has 4 aromatic rings. The third-order valence-corrected chi connectivity index (χ3v) is 4.93. The molecule has 31 heavy (non-hydrogen) atoms. The van der Waals surface area contributed by atoms with Gasteiger partial charge in [-0.3, -0.25) is 9.59 Å². The fourth-order valence-corrected chi connectivity index (χ4v) is 3.28. The highest BCUT2D eigenvalue weighted by atomic mass is 19.4. The zero-order valence-corrected chi connectivity index (χ0v) is 16.2. The van der Waals surface area contributed by atoms with Crippen molar-refractivity contribution in [1.82, 2.24) is 9.97 Å². The molecule has 7 nitrogen and oxygen atoms in total. The Morgan fingerprint density at radius 3 is 2.55 bits per heavy atom. The van der Waals surface area contributed by atoms with E-state index < -0.39 is 22.9 Å². The first-order chi connectivity index (χ1) is 14.6. The van der Waals surface area contributed by atoms with E-state index >= 15 is 0 Å². The molecule has 0 radical (unpaired) electrons. The smallest absolute Gasteiger partial charge is 0.449 e. The Bertz CT molecular complexity index is 1340. The van der Waals surface area contributed by atoms with Gasteiger partial charge in [0, 0.05) is 12.6 Å². The number of fused-ring (bicyclic) bond motifs is 1. The van der Waals surface area contributed by atoms with Gasteiger partial charge in [-0.25, -0.2) is 4.98 Å². The fourth-order valence-electron chi connectivity index (χ4n) is 3.28. The predicted octanol–water partition coefficient (Wildman–Crippen LogP) is 3.67. The molecule has 0 amide bonds. The lowest BCUT2D eigenvalue weighted by molar-refractivity contribution is -0.144. The van der Waals surface area contributed by atoms with Crippen molar-refractivity contribution in [2.24, 2.45) is 0 Å². The van der Waals surface area contributed by atoms with E-state index in [0.717, 1.165) is 5.56 Å². The van der Waals surface area contributed by atoms with Crippen LogP contribution in [-0.2, 0) is 12.7 Å². The molecule has 0 aliphatic heterocycles. The molecule has 1 heterocycles. The SMILES string of the molecule is C[C@H](Nc1c(NCc2ccc3nc(C(F)(F)F)[nH]c3c2)c(=O)c1=O)c1cccc(O)c1. The Hall–Kier alpha value is -3.82. The summed E-state index contributed by atoms with van der Waals surface area (Å²) >= 11 is 0. The molecule has 0 aliphatic carbocycles. The number of phenolic OH excluding ortho intramolecular Hbond substituents is 1. The number of hydrogen-bond acceptors (Lipinski definition) is 6. The van der Waals surface area contributed by atoms with Crippen LogP contribution >= 0.6 is 0 Å². The highest BCUT2D eigenvalue weighted by Gasteiger charge is 2.34. The number of anilines is 2. The third kappa shape index (κ3) is 3.96. The normalized spacial score (nSPS) is 12.9. The minimum atomic E-state index is -4.58. The summed E-state index contributed by atoms with van der Waals surface area (Å²) in [5.74, 6) is -1.00. The molecule has 0 aliphatic rings. The number of alkyl halides is 3. The van der Waals surface area contributed by atoms with E-state index in [0.29, 0.717) is 5.56 Å². The number of aromatic nitrogens is 2. The van der Waals surface area contributed by atoms with Crippen LogP contribution in [0.2, 0.25) is 0 Å². The van der Waals surface area contributed by atoms with E-state index in [2.05, 4.69) is 20.6 Å². The number of benzene rings is 2. The molecular weight excluding hydrogens is 413 g/mol. The zero-order chi connectivity index (χ0) is 22.3. The highest BCUT2D eigenvalue weighted by Crippen LogP contribution is 2.29. The van der Waals surface area contributed by atoms with Gasteiger partial charge in [-0.2, -0.15) is 13.2 Å². The van der Waals surface area contributed by atoms with Crippen LogP contribution in [0.5, 0.6) is 5.75 Å². The highest BCUT2D eigenvalue weighted by molar-refractivity contribution is 5.77. The average molecular weight is 430 g/mol. The number of nitrogens with one attached hydrogen (secondary N) is 3. The molecule has 10 heteroatoms. The van der Waals surface area contributed by atoms with Gasteiger partial charge in [-0.15, -0.1) is 0 Å². The maximum atomic E-state index is 12.8. The van der Waals surface area contributed by atoms with Crippen LogP contribution in [0.3, 0.4) is 0 Å². The summed E-state index contributed by atoms with van der Waals surface area (Å²) in [5, 5.41) is 15.4. The number of nitrogens with zero attached hydrogens (tertiary/aromatic N) is 1. The number of rotatable bonds is 6. The van der Waals surface area contributed by atoms with Crippen molar-refractivity contribution in [3.05, 3.63) is 79.9 Å². The van der Waals surface area contributed by atoms with Crippen LogP contribution in [-0.4, -0.2) is 15.1 Å². The minimum absolute atomic E-state index is 0.0809. The molecule has 4 N–H and O–H groups in total. The molecule has 0 unspecified atom stereocenters. The van der Waals surface area contributed by atoms with Crippen LogP contribution in [0.1, 0.15) is 29.9 Å². The number of aromatic hydroxyl groups is 1. The van der Waals surface area contributed by atoms with Gasteiger partial charge in [0.05, 0.1) is 11.0 Å². The van der Waals surface area contributed by atoms with Gasteiger partial charge in [0.25, 0.3) is 10.9 Å². The van der Waals surface area contributed by atoms with E-state index in [-0.39, 0.29) is 40.7 Å². The van der Waals surface area contributed by atoms with Gasteiger partial charge in [-0.05, 0) is 42.3 Å². The molecule has 0 fully saturated rings. The van der Waals surface area contributed by atoms with E-state index in [1.807, 2.05) is 0 Å². The molecule has 160 valence electrons. The summed E-state index contributed by atoms with van der Waals surface area (Å²) < 4.78 is 38.4. The summed E-state index contributed by atoms with van der Waals surface area (Å²) in [5.41, 5.74) is 0.621. The van der Waals surface area contributed by atoms with Gasteiger partial charge in [0.15, 0.2) is 0 Å². The quantitative estimate of drug-likeness (QED) is 0.348. The lowest BCUT2D eigenvalue weighted by Gasteiger charge is -2.20. The molecule has 0 saturated heterocycles. The first-order valence-corrected chi connectivity index (χ1v) is 9.32. The van der Waals surface area contributed by atoms with Crippen molar-refractivity contribution >= 4 is 22.4 Å². The fraction of sp³-hybridized carbons (Fsp3) is 0.190. The Morgan fingerprint density at radius 1 is 1.10 bits per heavy atom. The second-order valence-corrected chi connectivity index (χ2v) is 7.16. The van der Waals surface area contributed by atoms with Crippen molar-refractivity contribution in [1.29, 1.82) is 0 Å². The lowest BCUT2D eigenvalue weighted by Crippen LogP contribution is -2.37. The van der Waals surface area contributed by atoms with Crippen LogP contribution in [0, 0.1) is 0 Å². The van der Waals surface area contributed by atoms with E-state index in [4.69, 9.17) is 0 Å². The van der Waals surface area contributed by atoms with Crippen molar-refractivity contribution in [3.63, 3.8) is 0 Å². The Balaban J connectivity index is 1.50. The van der Waals surface area contributed by atoms with E-state index in [9.17, 15) is 27.9 Å².